The molecule has 0 spiro atoms. The number of carbonyl (C=O) groups is 2. The third kappa shape index (κ3) is 4.04. The fraction of sp³-hybridized carbons (Fsp3) is 0.526. The smallest absolute Gasteiger partial charge is 0.288 e. The van der Waals surface area contributed by atoms with Crippen LogP contribution < -0.4 is 15.8 Å². The lowest BCUT2D eigenvalue weighted by molar-refractivity contribution is -0.120. The molecule has 1 saturated carbocycles. The quantitative estimate of drug-likeness (QED) is 0.709. The summed E-state index contributed by atoms with van der Waals surface area (Å²) in [4.78, 5) is 29.4. The van der Waals surface area contributed by atoms with Crippen molar-refractivity contribution in [2.75, 3.05) is 11.6 Å². The van der Waals surface area contributed by atoms with Gasteiger partial charge in [0.15, 0.2) is 0 Å². The first-order valence-corrected chi connectivity index (χ1v) is 9.25. The average Bonchev–Trinajstić information content (AvgIpc) is 2.89. The lowest BCUT2D eigenvalue weighted by atomic mass is 9.95. The van der Waals surface area contributed by atoms with Gasteiger partial charge < -0.3 is 10.4 Å². The maximum atomic E-state index is 12.7. The zero-order chi connectivity index (χ0) is 18.5. The maximum Gasteiger partial charge on any atom is 0.288 e. The van der Waals surface area contributed by atoms with E-state index in [2.05, 4.69) is 15.7 Å². The van der Waals surface area contributed by atoms with Crippen LogP contribution in [0.5, 0.6) is 0 Å². The number of hydrogen-bond donors (Lipinski definition) is 3. The summed E-state index contributed by atoms with van der Waals surface area (Å²) in [6, 6.07) is 8.41. The number of anilines is 1. The summed E-state index contributed by atoms with van der Waals surface area (Å²) in [5, 5.41) is 14.0. The Kier molecular flexibility index (Phi) is 5.88. The maximum absolute atomic E-state index is 12.7. The third-order valence-corrected chi connectivity index (χ3v) is 5.06. The molecule has 0 aromatic heterocycles. The van der Waals surface area contributed by atoms with Gasteiger partial charge in [-0.15, -0.1) is 0 Å². The number of benzene rings is 1. The van der Waals surface area contributed by atoms with Gasteiger partial charge >= 0.3 is 0 Å². The summed E-state index contributed by atoms with van der Waals surface area (Å²) in [6.45, 7) is 1.74. The number of carbonyl (C=O) groups excluding carboxylic acids is 2. The number of aliphatic hydroxyl groups is 1. The molecule has 0 bridgehead atoms. The molecule has 26 heavy (non-hydrogen) atoms. The summed E-state index contributed by atoms with van der Waals surface area (Å²) in [6.07, 6.45) is 4.99. The highest BCUT2D eigenvalue weighted by Gasteiger charge is 2.32. The summed E-state index contributed by atoms with van der Waals surface area (Å²) in [5.74, 6) is -0.358. The zero-order valence-electron chi connectivity index (χ0n) is 15.0. The van der Waals surface area contributed by atoms with Crippen LogP contribution in [0.3, 0.4) is 0 Å². The monoisotopic (exact) mass is 358 g/mol. The molecule has 3 atom stereocenters. The molecule has 1 aromatic rings. The van der Waals surface area contributed by atoms with Gasteiger partial charge in [-0.25, -0.2) is 10.0 Å². The van der Waals surface area contributed by atoms with Crippen LogP contribution in [0.1, 0.15) is 39.0 Å². The van der Waals surface area contributed by atoms with Gasteiger partial charge in [-0.1, -0.05) is 37.5 Å². The Morgan fingerprint density at radius 3 is 2.73 bits per heavy atom. The largest absolute Gasteiger partial charge is 0.396 e. The molecule has 7 heteroatoms. The van der Waals surface area contributed by atoms with Crippen molar-refractivity contribution >= 4 is 23.3 Å². The van der Waals surface area contributed by atoms with E-state index in [9.17, 15) is 14.7 Å². The Morgan fingerprint density at radius 1 is 1.27 bits per heavy atom. The Labute approximate surface area is 153 Å². The number of hydrogen-bond acceptors (Lipinski definition) is 5. The molecule has 0 unspecified atom stereocenters. The lowest BCUT2D eigenvalue weighted by Crippen LogP contribution is -2.59. The Hall–Kier alpha value is -2.41. The second-order valence-electron chi connectivity index (χ2n) is 6.94. The van der Waals surface area contributed by atoms with E-state index >= 15 is 0 Å². The number of rotatable bonds is 4. The number of nitrogens with zero attached hydrogens (tertiary/aromatic N) is 2. The van der Waals surface area contributed by atoms with Gasteiger partial charge in [0.25, 0.3) is 11.8 Å². The van der Waals surface area contributed by atoms with Crippen LogP contribution >= 0.6 is 0 Å². The Balaban J connectivity index is 1.74. The molecular weight excluding hydrogens is 332 g/mol. The number of aliphatic imine (C=N–C) groups is 1. The summed E-state index contributed by atoms with van der Waals surface area (Å²) >= 11 is 0. The number of amides is 2. The molecule has 2 amide bonds. The molecule has 0 radical (unpaired) electrons. The van der Waals surface area contributed by atoms with Gasteiger partial charge in [-0.05, 0) is 31.9 Å². The summed E-state index contributed by atoms with van der Waals surface area (Å²) in [7, 11) is 0. The minimum absolute atomic E-state index is 0.0647. The van der Waals surface area contributed by atoms with Crippen molar-refractivity contribution < 1.29 is 14.7 Å². The molecule has 1 aliphatic carbocycles. The van der Waals surface area contributed by atoms with E-state index in [1.807, 2.05) is 18.2 Å². The third-order valence-electron chi connectivity index (χ3n) is 5.06. The van der Waals surface area contributed by atoms with Crippen molar-refractivity contribution in [3.63, 3.8) is 0 Å². The number of amidine groups is 1. The molecule has 1 fully saturated rings. The van der Waals surface area contributed by atoms with Crippen molar-refractivity contribution in [2.24, 2.45) is 10.9 Å². The van der Waals surface area contributed by atoms with E-state index in [1.165, 1.54) is 5.01 Å². The number of nitrogens with one attached hydrogen (secondary N) is 2. The molecule has 3 N–H and O–H groups in total. The van der Waals surface area contributed by atoms with Gasteiger partial charge in [0.1, 0.15) is 6.04 Å². The Morgan fingerprint density at radius 2 is 2.00 bits per heavy atom. The molecule has 1 aliphatic heterocycles. The fourth-order valence-corrected chi connectivity index (χ4v) is 3.53. The van der Waals surface area contributed by atoms with E-state index < -0.39 is 6.04 Å². The molecular formula is C19H26N4O3. The van der Waals surface area contributed by atoms with Crippen LogP contribution in [-0.2, 0) is 9.59 Å². The molecule has 0 saturated heterocycles. The van der Waals surface area contributed by atoms with Crippen LogP contribution in [0.15, 0.2) is 35.3 Å². The highest BCUT2D eigenvalue weighted by atomic mass is 16.3. The van der Waals surface area contributed by atoms with Crippen molar-refractivity contribution in [1.29, 1.82) is 0 Å². The van der Waals surface area contributed by atoms with E-state index in [0.717, 1.165) is 32.1 Å². The fourth-order valence-electron chi connectivity index (χ4n) is 3.53. The molecule has 2 aliphatic rings. The zero-order valence-corrected chi connectivity index (χ0v) is 15.0. The number of para-hydroxylation sites is 1. The molecule has 3 rings (SSSR count). The minimum atomic E-state index is -0.639. The SMILES string of the molecule is C[C@@H]1N=C(C(=O)N[C@@H]2CCCCC[C@@H]2CO)NN(c2ccccc2)C1=O. The average molecular weight is 358 g/mol. The van der Waals surface area contributed by atoms with E-state index in [0.29, 0.717) is 5.69 Å². The molecule has 1 aromatic carbocycles. The van der Waals surface area contributed by atoms with Crippen LogP contribution in [0.25, 0.3) is 0 Å². The Bertz CT molecular complexity index is 677. The number of hydrazine groups is 1. The summed E-state index contributed by atoms with van der Waals surface area (Å²) in [5.41, 5.74) is 3.51. The second-order valence-corrected chi connectivity index (χ2v) is 6.94. The highest BCUT2D eigenvalue weighted by molar-refractivity contribution is 6.39. The first kappa shape index (κ1) is 18.4. The second kappa shape index (κ2) is 8.31. The van der Waals surface area contributed by atoms with Crippen LogP contribution in [0.4, 0.5) is 5.69 Å². The standard InChI is InChI=1S/C19H26N4O3/c1-13-19(26)23(15-9-5-3-6-10-15)22-17(20-13)18(25)21-16-11-7-2-4-8-14(16)12-24/h3,5-6,9-10,13-14,16,24H,2,4,7-8,11-12H2,1H3,(H,20,22)(H,21,25)/t13-,14+,16+/m0/s1. The van der Waals surface area contributed by atoms with Crippen LogP contribution in [0.2, 0.25) is 0 Å². The van der Waals surface area contributed by atoms with Crippen molar-refractivity contribution in [1.82, 2.24) is 10.7 Å². The van der Waals surface area contributed by atoms with Gasteiger partial charge in [0.05, 0.1) is 5.69 Å². The lowest BCUT2D eigenvalue weighted by Gasteiger charge is -2.31. The van der Waals surface area contributed by atoms with E-state index in [1.54, 1.807) is 19.1 Å². The van der Waals surface area contributed by atoms with Crippen LogP contribution in [0, 0.1) is 5.92 Å². The van der Waals surface area contributed by atoms with Crippen LogP contribution in [-0.4, -0.2) is 41.4 Å². The van der Waals surface area contributed by atoms with Gasteiger partial charge in [-0.3, -0.25) is 15.0 Å². The van der Waals surface area contributed by atoms with E-state index in [-0.39, 0.29) is 36.2 Å². The topological polar surface area (TPSA) is 94.0 Å². The minimum Gasteiger partial charge on any atom is -0.396 e. The van der Waals surface area contributed by atoms with Gasteiger partial charge in [0.2, 0.25) is 5.84 Å². The molecule has 7 nitrogen and oxygen atoms in total. The molecule has 140 valence electrons. The molecule has 1 heterocycles. The summed E-state index contributed by atoms with van der Waals surface area (Å²) < 4.78 is 0. The first-order valence-electron chi connectivity index (χ1n) is 9.25. The normalized spacial score (nSPS) is 26.5. The van der Waals surface area contributed by atoms with Crippen molar-refractivity contribution in [3.05, 3.63) is 30.3 Å². The number of aliphatic hydroxyl groups excluding tert-OH is 1. The highest BCUT2D eigenvalue weighted by Crippen LogP contribution is 2.23. The predicted molar refractivity (Wildman–Crippen MR) is 99.6 cm³/mol. The van der Waals surface area contributed by atoms with Gasteiger partial charge in [-0.2, -0.15) is 0 Å². The first-order chi connectivity index (χ1) is 12.6. The van der Waals surface area contributed by atoms with Crippen molar-refractivity contribution in [3.8, 4) is 0 Å². The van der Waals surface area contributed by atoms with E-state index in [4.69, 9.17) is 0 Å². The van der Waals surface area contributed by atoms with Gasteiger partial charge in [0, 0.05) is 18.6 Å². The predicted octanol–water partition coefficient (Wildman–Crippen LogP) is 1.38. The van der Waals surface area contributed by atoms with Crippen molar-refractivity contribution in [2.45, 2.75) is 51.1 Å².